The summed E-state index contributed by atoms with van der Waals surface area (Å²) in [5.41, 5.74) is 3.33. The maximum Gasteiger partial charge on any atom is 0.262 e. The maximum absolute atomic E-state index is 12.9. The minimum Gasteiger partial charge on any atom is -0.287 e. The zero-order valence-corrected chi connectivity index (χ0v) is 15.1. The smallest absolute Gasteiger partial charge is 0.262 e. The van der Waals surface area contributed by atoms with Crippen LogP contribution in [0.3, 0.4) is 0 Å². The highest BCUT2D eigenvalue weighted by Gasteiger charge is 2.12. The van der Waals surface area contributed by atoms with Crippen molar-refractivity contribution in [3.63, 3.8) is 0 Å². The van der Waals surface area contributed by atoms with Gasteiger partial charge in [0.05, 0.1) is 10.9 Å². The Morgan fingerprint density at radius 3 is 2.67 bits per heavy atom. The Balaban J connectivity index is 2.00. The molecule has 0 N–H and O–H groups in total. The van der Waals surface area contributed by atoms with Crippen LogP contribution in [0.5, 0.6) is 0 Å². The molecule has 0 aliphatic carbocycles. The summed E-state index contributed by atoms with van der Waals surface area (Å²) in [6.45, 7) is 7.03. The number of hydrogen-bond acceptors (Lipinski definition) is 3. The quantitative estimate of drug-likeness (QED) is 0.501. The van der Waals surface area contributed by atoms with Gasteiger partial charge in [-0.2, -0.15) is 0 Å². The topological polar surface area (TPSA) is 34.9 Å². The van der Waals surface area contributed by atoms with Crippen molar-refractivity contribution in [3.05, 3.63) is 70.0 Å². The second-order valence-electron chi connectivity index (χ2n) is 6.50. The number of aromatic nitrogens is 2. The van der Waals surface area contributed by atoms with Crippen LogP contribution in [0.1, 0.15) is 25.0 Å². The van der Waals surface area contributed by atoms with E-state index in [0.717, 1.165) is 16.4 Å². The molecule has 3 aromatic rings. The number of benzene rings is 2. The van der Waals surface area contributed by atoms with Crippen molar-refractivity contribution < 1.29 is 0 Å². The molecule has 3 nitrogen and oxygen atoms in total. The summed E-state index contributed by atoms with van der Waals surface area (Å²) in [5.74, 6) is 1.20. The molecule has 0 saturated heterocycles. The third-order valence-corrected chi connectivity index (χ3v) is 4.87. The molecule has 4 heteroatoms. The number of fused-ring (bicyclic) bond motifs is 1. The molecule has 0 radical (unpaired) electrons. The van der Waals surface area contributed by atoms with Crippen LogP contribution in [0.4, 0.5) is 0 Å². The molecule has 124 valence electrons. The first-order valence-corrected chi connectivity index (χ1v) is 9.21. The largest absolute Gasteiger partial charge is 0.287 e. The molecule has 24 heavy (non-hydrogen) atoms. The molecule has 0 unspecified atom stereocenters. The van der Waals surface area contributed by atoms with Gasteiger partial charge in [-0.15, -0.1) is 0 Å². The highest BCUT2D eigenvalue weighted by molar-refractivity contribution is 7.98. The second kappa shape index (κ2) is 7.22. The number of thioether (sulfide) groups is 1. The number of nitrogens with zero attached hydrogens (tertiary/aromatic N) is 2. The molecule has 2 aromatic carbocycles. The summed E-state index contributed by atoms with van der Waals surface area (Å²) in [6.07, 6.45) is 0. The monoisotopic (exact) mass is 338 g/mol. The molecule has 0 aliphatic heterocycles. The molecule has 3 rings (SSSR count). The Kier molecular flexibility index (Phi) is 5.05. The molecule has 0 bridgehead atoms. The van der Waals surface area contributed by atoms with Gasteiger partial charge in [0.25, 0.3) is 5.56 Å². The van der Waals surface area contributed by atoms with Crippen LogP contribution < -0.4 is 5.56 Å². The van der Waals surface area contributed by atoms with E-state index in [1.54, 1.807) is 11.8 Å². The maximum atomic E-state index is 12.9. The molecule has 0 saturated carbocycles. The lowest BCUT2D eigenvalue weighted by Crippen LogP contribution is -2.25. The SMILES string of the molecule is Cc1cccc(CSc2nc3ccccc3c(=O)n2CC(C)C)c1. The van der Waals surface area contributed by atoms with Crippen LogP contribution in [0.15, 0.2) is 58.5 Å². The Labute approximate surface area is 146 Å². The lowest BCUT2D eigenvalue weighted by molar-refractivity contribution is 0.475. The van der Waals surface area contributed by atoms with Crippen molar-refractivity contribution in [1.29, 1.82) is 0 Å². The Morgan fingerprint density at radius 1 is 1.12 bits per heavy atom. The zero-order valence-electron chi connectivity index (χ0n) is 14.3. The molecule has 0 atom stereocenters. The van der Waals surface area contributed by atoms with Gasteiger partial charge in [0.2, 0.25) is 0 Å². The third-order valence-electron chi connectivity index (χ3n) is 3.82. The molecule has 0 amide bonds. The van der Waals surface area contributed by atoms with Crippen molar-refractivity contribution in [2.24, 2.45) is 5.92 Å². The standard InChI is InChI=1S/C20H22N2OS/c1-14(2)12-22-19(23)17-9-4-5-10-18(17)21-20(22)24-13-16-8-6-7-15(3)11-16/h4-11,14H,12-13H2,1-3H3. The first-order chi connectivity index (χ1) is 11.5. The first kappa shape index (κ1) is 16.8. The van der Waals surface area contributed by atoms with Gasteiger partial charge >= 0.3 is 0 Å². The second-order valence-corrected chi connectivity index (χ2v) is 7.44. The predicted molar refractivity (Wildman–Crippen MR) is 102 cm³/mol. The number of para-hydroxylation sites is 1. The summed E-state index contributed by atoms with van der Waals surface area (Å²) in [5, 5.41) is 1.49. The number of hydrogen-bond donors (Lipinski definition) is 0. The van der Waals surface area contributed by atoms with E-state index in [1.165, 1.54) is 11.1 Å². The van der Waals surface area contributed by atoms with Crippen molar-refractivity contribution in [3.8, 4) is 0 Å². The molecule has 0 fully saturated rings. The van der Waals surface area contributed by atoms with Gasteiger partial charge in [0, 0.05) is 12.3 Å². The van der Waals surface area contributed by atoms with E-state index in [1.807, 2.05) is 28.8 Å². The molecular formula is C20H22N2OS. The van der Waals surface area contributed by atoms with Crippen molar-refractivity contribution in [2.75, 3.05) is 0 Å². The van der Waals surface area contributed by atoms with E-state index >= 15 is 0 Å². The van der Waals surface area contributed by atoms with Gasteiger partial charge in [-0.1, -0.05) is 67.6 Å². The van der Waals surface area contributed by atoms with Gasteiger partial charge in [-0.25, -0.2) is 4.98 Å². The van der Waals surface area contributed by atoms with Gasteiger partial charge in [-0.3, -0.25) is 9.36 Å². The average molecular weight is 338 g/mol. The molecule has 0 spiro atoms. The summed E-state index contributed by atoms with van der Waals surface area (Å²) in [4.78, 5) is 17.6. The third kappa shape index (κ3) is 3.70. The summed E-state index contributed by atoms with van der Waals surface area (Å²) < 4.78 is 1.83. The number of rotatable bonds is 5. The van der Waals surface area contributed by atoms with Crippen LogP contribution in [-0.4, -0.2) is 9.55 Å². The molecule has 1 aromatic heterocycles. The van der Waals surface area contributed by atoms with E-state index < -0.39 is 0 Å². The first-order valence-electron chi connectivity index (χ1n) is 8.22. The van der Waals surface area contributed by atoms with E-state index in [-0.39, 0.29) is 5.56 Å². The zero-order chi connectivity index (χ0) is 17.1. The Hall–Kier alpha value is -2.07. The van der Waals surface area contributed by atoms with Gasteiger partial charge in [-0.05, 0) is 30.5 Å². The Bertz CT molecular complexity index is 915. The van der Waals surface area contributed by atoms with E-state index in [0.29, 0.717) is 17.8 Å². The van der Waals surface area contributed by atoms with Crippen LogP contribution >= 0.6 is 11.8 Å². The summed E-state index contributed by atoms with van der Waals surface area (Å²) >= 11 is 1.63. The lowest BCUT2D eigenvalue weighted by Gasteiger charge is -2.15. The van der Waals surface area contributed by atoms with Crippen LogP contribution in [-0.2, 0) is 12.3 Å². The normalized spacial score (nSPS) is 11.3. The highest BCUT2D eigenvalue weighted by Crippen LogP contribution is 2.23. The number of aryl methyl sites for hydroxylation is 1. The predicted octanol–water partition coefficient (Wildman–Crippen LogP) is 4.65. The van der Waals surface area contributed by atoms with Crippen LogP contribution in [0, 0.1) is 12.8 Å². The fraction of sp³-hybridized carbons (Fsp3) is 0.300. The van der Waals surface area contributed by atoms with Crippen LogP contribution in [0.25, 0.3) is 10.9 Å². The summed E-state index contributed by atoms with van der Waals surface area (Å²) in [7, 11) is 0. The van der Waals surface area contributed by atoms with Gasteiger partial charge in [0.15, 0.2) is 5.16 Å². The molecule has 0 aliphatic rings. The van der Waals surface area contributed by atoms with E-state index in [4.69, 9.17) is 4.98 Å². The van der Waals surface area contributed by atoms with Crippen LogP contribution in [0.2, 0.25) is 0 Å². The highest BCUT2D eigenvalue weighted by atomic mass is 32.2. The fourth-order valence-electron chi connectivity index (χ4n) is 2.73. The van der Waals surface area contributed by atoms with E-state index in [2.05, 4.69) is 45.0 Å². The van der Waals surface area contributed by atoms with Crippen molar-refractivity contribution >= 4 is 22.7 Å². The van der Waals surface area contributed by atoms with Gasteiger partial charge < -0.3 is 0 Å². The molecule has 1 heterocycles. The van der Waals surface area contributed by atoms with Crippen molar-refractivity contribution in [2.45, 2.75) is 38.2 Å². The summed E-state index contributed by atoms with van der Waals surface area (Å²) in [6, 6.07) is 16.0. The average Bonchev–Trinajstić information content (AvgIpc) is 2.56. The van der Waals surface area contributed by atoms with E-state index in [9.17, 15) is 4.79 Å². The Morgan fingerprint density at radius 2 is 1.92 bits per heavy atom. The minimum atomic E-state index is 0.0565. The molecular weight excluding hydrogens is 316 g/mol. The van der Waals surface area contributed by atoms with Crippen molar-refractivity contribution in [1.82, 2.24) is 9.55 Å². The fourth-order valence-corrected chi connectivity index (χ4v) is 3.69. The van der Waals surface area contributed by atoms with Gasteiger partial charge in [0.1, 0.15) is 0 Å². The minimum absolute atomic E-state index is 0.0565. The lowest BCUT2D eigenvalue weighted by atomic mass is 10.2.